The number of ether oxygens (including phenoxy) is 2. The highest BCUT2D eigenvalue weighted by Gasteiger charge is 2.42. The third kappa shape index (κ3) is 4.15. The largest absolute Gasteiger partial charge is 0.497 e. The molecule has 0 atom stereocenters. The molecule has 2 heterocycles. The number of carbonyl (C=O) groups is 1. The summed E-state index contributed by atoms with van der Waals surface area (Å²) >= 11 is 4.97. The Bertz CT molecular complexity index is 1030. The molecule has 0 radical (unpaired) electrons. The second-order valence-electron chi connectivity index (χ2n) is 7.31. The standard InChI is InChI=1S/C23H23BrN2O3S/c1-15-20(16-3-9-19(28-2)10-4-16)25-22(30-15)26-21(27)23(11-13-29-14-12-23)17-5-7-18(24)8-6-17/h3-10H,11-14H2,1-2H3,(H,25,26,27). The average Bonchev–Trinajstić information content (AvgIpc) is 3.14. The van der Waals surface area contributed by atoms with Crippen molar-refractivity contribution in [2.45, 2.75) is 25.2 Å². The van der Waals surface area contributed by atoms with Gasteiger partial charge in [-0.25, -0.2) is 4.98 Å². The molecule has 1 aliphatic heterocycles. The summed E-state index contributed by atoms with van der Waals surface area (Å²) in [7, 11) is 1.65. The Morgan fingerprint density at radius 1 is 1.13 bits per heavy atom. The molecule has 1 amide bonds. The van der Waals surface area contributed by atoms with E-state index in [0.717, 1.165) is 31.9 Å². The Morgan fingerprint density at radius 3 is 2.43 bits per heavy atom. The summed E-state index contributed by atoms with van der Waals surface area (Å²) in [4.78, 5) is 19.3. The van der Waals surface area contributed by atoms with Crippen LogP contribution in [0.4, 0.5) is 5.13 Å². The Kier molecular flexibility index (Phi) is 6.22. The molecule has 4 rings (SSSR count). The van der Waals surface area contributed by atoms with Gasteiger partial charge in [-0.3, -0.25) is 4.79 Å². The highest BCUT2D eigenvalue weighted by Crippen LogP contribution is 2.38. The molecule has 0 bridgehead atoms. The topological polar surface area (TPSA) is 60.5 Å². The van der Waals surface area contributed by atoms with Crippen LogP contribution in [-0.4, -0.2) is 31.2 Å². The summed E-state index contributed by atoms with van der Waals surface area (Å²) in [5.74, 6) is 0.777. The van der Waals surface area contributed by atoms with Crippen molar-refractivity contribution in [3.8, 4) is 17.0 Å². The van der Waals surface area contributed by atoms with Crippen molar-refractivity contribution >= 4 is 38.3 Å². The smallest absolute Gasteiger partial charge is 0.236 e. The van der Waals surface area contributed by atoms with E-state index in [1.54, 1.807) is 7.11 Å². The number of methoxy groups -OCH3 is 1. The lowest BCUT2D eigenvalue weighted by atomic mass is 9.73. The van der Waals surface area contributed by atoms with Crippen LogP contribution in [0.2, 0.25) is 0 Å². The minimum Gasteiger partial charge on any atom is -0.497 e. The van der Waals surface area contributed by atoms with Gasteiger partial charge in [0.2, 0.25) is 5.91 Å². The number of aryl methyl sites for hydroxylation is 1. The molecule has 0 unspecified atom stereocenters. The molecule has 7 heteroatoms. The van der Waals surface area contributed by atoms with Crippen molar-refractivity contribution in [3.05, 3.63) is 63.4 Å². The molecular weight excluding hydrogens is 464 g/mol. The fourth-order valence-electron chi connectivity index (χ4n) is 3.82. The highest BCUT2D eigenvalue weighted by atomic mass is 79.9. The van der Waals surface area contributed by atoms with Gasteiger partial charge >= 0.3 is 0 Å². The molecule has 1 saturated heterocycles. The monoisotopic (exact) mass is 486 g/mol. The number of halogens is 1. The van der Waals surface area contributed by atoms with E-state index in [1.165, 1.54) is 11.3 Å². The Hall–Kier alpha value is -2.22. The van der Waals surface area contributed by atoms with Crippen LogP contribution in [0.1, 0.15) is 23.3 Å². The normalized spacial score (nSPS) is 15.6. The molecule has 5 nitrogen and oxygen atoms in total. The quantitative estimate of drug-likeness (QED) is 0.511. The average molecular weight is 487 g/mol. The Labute approximate surface area is 188 Å². The first-order valence-electron chi connectivity index (χ1n) is 9.79. The molecule has 1 N–H and O–H groups in total. The van der Waals surface area contributed by atoms with Gasteiger partial charge in [0.25, 0.3) is 0 Å². The summed E-state index contributed by atoms with van der Waals surface area (Å²) in [6.07, 6.45) is 1.30. The van der Waals surface area contributed by atoms with E-state index in [4.69, 9.17) is 14.5 Å². The SMILES string of the molecule is COc1ccc(-c2nc(NC(=O)C3(c4ccc(Br)cc4)CCOCC3)sc2C)cc1. The summed E-state index contributed by atoms with van der Waals surface area (Å²) in [5, 5.41) is 3.71. The van der Waals surface area contributed by atoms with Crippen LogP contribution in [0.25, 0.3) is 11.3 Å². The van der Waals surface area contributed by atoms with E-state index in [-0.39, 0.29) is 5.91 Å². The molecular formula is C23H23BrN2O3S. The van der Waals surface area contributed by atoms with E-state index in [0.29, 0.717) is 31.2 Å². The van der Waals surface area contributed by atoms with Gasteiger partial charge in [-0.15, -0.1) is 11.3 Å². The minimum absolute atomic E-state index is 0.0249. The zero-order valence-corrected chi connectivity index (χ0v) is 19.3. The maximum atomic E-state index is 13.5. The van der Waals surface area contributed by atoms with Crippen molar-refractivity contribution in [1.82, 2.24) is 4.98 Å². The number of nitrogens with one attached hydrogen (secondary N) is 1. The van der Waals surface area contributed by atoms with E-state index >= 15 is 0 Å². The van der Waals surface area contributed by atoms with Gasteiger partial charge in [-0.2, -0.15) is 0 Å². The van der Waals surface area contributed by atoms with E-state index in [1.807, 2.05) is 55.5 Å². The first kappa shape index (κ1) is 21.0. The molecule has 30 heavy (non-hydrogen) atoms. The van der Waals surface area contributed by atoms with Crippen LogP contribution < -0.4 is 10.1 Å². The van der Waals surface area contributed by atoms with Crippen molar-refractivity contribution in [2.24, 2.45) is 0 Å². The maximum absolute atomic E-state index is 13.5. The van der Waals surface area contributed by atoms with Crippen molar-refractivity contribution in [2.75, 3.05) is 25.6 Å². The number of anilines is 1. The third-order valence-electron chi connectivity index (χ3n) is 5.56. The van der Waals surface area contributed by atoms with Gasteiger partial charge < -0.3 is 14.8 Å². The van der Waals surface area contributed by atoms with E-state index in [2.05, 4.69) is 21.2 Å². The number of rotatable bonds is 5. The van der Waals surface area contributed by atoms with Gasteiger partial charge in [-0.05, 0) is 61.7 Å². The molecule has 0 saturated carbocycles. The number of nitrogens with zero attached hydrogens (tertiary/aromatic N) is 1. The van der Waals surface area contributed by atoms with Crippen LogP contribution in [-0.2, 0) is 14.9 Å². The van der Waals surface area contributed by atoms with Crippen molar-refractivity contribution in [1.29, 1.82) is 0 Å². The lowest BCUT2D eigenvalue weighted by molar-refractivity contribution is -0.125. The van der Waals surface area contributed by atoms with Gasteiger partial charge in [0.1, 0.15) is 5.75 Å². The number of benzene rings is 2. The zero-order chi connectivity index (χ0) is 21.1. The van der Waals surface area contributed by atoms with Crippen LogP contribution in [0, 0.1) is 6.92 Å². The Balaban J connectivity index is 1.60. The fourth-order valence-corrected chi connectivity index (χ4v) is 4.91. The Morgan fingerprint density at radius 2 is 1.80 bits per heavy atom. The maximum Gasteiger partial charge on any atom is 0.236 e. The number of aromatic nitrogens is 1. The summed E-state index contributed by atoms with van der Waals surface area (Å²) < 4.78 is 11.8. The number of hydrogen-bond donors (Lipinski definition) is 1. The van der Waals surface area contributed by atoms with Crippen LogP contribution >= 0.6 is 27.3 Å². The van der Waals surface area contributed by atoms with Gasteiger partial charge in [0, 0.05) is 28.1 Å². The number of amides is 1. The third-order valence-corrected chi connectivity index (χ3v) is 6.97. The summed E-state index contributed by atoms with van der Waals surface area (Å²) in [6.45, 7) is 3.15. The van der Waals surface area contributed by atoms with Crippen LogP contribution in [0.3, 0.4) is 0 Å². The highest BCUT2D eigenvalue weighted by molar-refractivity contribution is 9.10. The van der Waals surface area contributed by atoms with E-state index in [9.17, 15) is 4.79 Å². The predicted molar refractivity (Wildman–Crippen MR) is 123 cm³/mol. The molecule has 1 aromatic heterocycles. The van der Waals surface area contributed by atoms with Gasteiger partial charge in [0.05, 0.1) is 18.2 Å². The van der Waals surface area contributed by atoms with Gasteiger partial charge in [0.15, 0.2) is 5.13 Å². The molecule has 1 aliphatic rings. The zero-order valence-electron chi connectivity index (χ0n) is 16.9. The van der Waals surface area contributed by atoms with Gasteiger partial charge in [-0.1, -0.05) is 28.1 Å². The number of thiazole rings is 1. The van der Waals surface area contributed by atoms with E-state index < -0.39 is 5.41 Å². The second kappa shape index (κ2) is 8.88. The number of carbonyl (C=O) groups excluding carboxylic acids is 1. The first-order valence-corrected chi connectivity index (χ1v) is 11.4. The molecule has 1 fully saturated rings. The van der Waals surface area contributed by atoms with Crippen LogP contribution in [0.5, 0.6) is 5.75 Å². The lowest BCUT2D eigenvalue weighted by Crippen LogP contribution is -2.44. The predicted octanol–water partition coefficient (Wildman–Crippen LogP) is 5.58. The van der Waals surface area contributed by atoms with Crippen LogP contribution in [0.15, 0.2) is 53.0 Å². The molecule has 3 aromatic rings. The van der Waals surface area contributed by atoms with Crippen molar-refractivity contribution in [3.63, 3.8) is 0 Å². The fraction of sp³-hybridized carbons (Fsp3) is 0.304. The molecule has 0 spiro atoms. The number of hydrogen-bond acceptors (Lipinski definition) is 5. The molecule has 2 aromatic carbocycles. The summed E-state index contributed by atoms with van der Waals surface area (Å²) in [6, 6.07) is 15.8. The minimum atomic E-state index is -0.612. The first-order chi connectivity index (χ1) is 14.5. The lowest BCUT2D eigenvalue weighted by Gasteiger charge is -2.36. The summed E-state index contributed by atoms with van der Waals surface area (Å²) in [5.41, 5.74) is 2.27. The molecule has 156 valence electrons. The van der Waals surface area contributed by atoms with Crippen molar-refractivity contribution < 1.29 is 14.3 Å². The second-order valence-corrected chi connectivity index (χ2v) is 9.43. The molecule has 0 aliphatic carbocycles.